The van der Waals surface area contributed by atoms with Crippen LogP contribution >= 0.6 is 0 Å². The van der Waals surface area contributed by atoms with Crippen molar-refractivity contribution >= 4 is 11.4 Å². The van der Waals surface area contributed by atoms with Gasteiger partial charge in [0.05, 0.1) is 16.8 Å². The van der Waals surface area contributed by atoms with Crippen LogP contribution in [-0.2, 0) is 12.4 Å². The van der Waals surface area contributed by atoms with Gasteiger partial charge in [-0.1, -0.05) is 24.3 Å². The lowest BCUT2D eigenvalue weighted by Gasteiger charge is -2.25. The van der Waals surface area contributed by atoms with Crippen LogP contribution < -0.4 is 4.90 Å². The third kappa shape index (κ3) is 4.70. The molecule has 0 amide bonds. The molecule has 0 saturated carbocycles. The Morgan fingerprint density at radius 2 is 1.10 bits per heavy atom. The van der Waals surface area contributed by atoms with Crippen molar-refractivity contribution in [3.05, 3.63) is 82.4 Å². The maximum absolute atomic E-state index is 13.9. The number of nitrogens with zero attached hydrogens (tertiary/aromatic N) is 1. The van der Waals surface area contributed by atoms with Gasteiger partial charge in [0.15, 0.2) is 0 Å². The highest BCUT2D eigenvalue weighted by atomic mass is 19.4. The molecule has 0 aliphatic heterocycles. The fourth-order valence-electron chi connectivity index (χ4n) is 3.42. The molecule has 0 fully saturated rings. The van der Waals surface area contributed by atoms with Crippen LogP contribution in [0.15, 0.2) is 54.6 Å². The van der Waals surface area contributed by atoms with Gasteiger partial charge in [-0.15, -0.1) is 0 Å². The van der Waals surface area contributed by atoms with Gasteiger partial charge in [0.1, 0.15) is 0 Å². The van der Waals surface area contributed by atoms with Crippen molar-refractivity contribution in [2.24, 2.45) is 0 Å². The molecule has 0 N–H and O–H groups in total. The highest BCUT2D eigenvalue weighted by Gasteiger charge is 2.36. The van der Waals surface area contributed by atoms with Crippen LogP contribution in [-0.4, -0.2) is 7.05 Å². The van der Waals surface area contributed by atoms with Gasteiger partial charge in [0.2, 0.25) is 0 Å². The molecule has 0 unspecified atom stereocenters. The summed E-state index contributed by atoms with van der Waals surface area (Å²) in [7, 11) is 1.53. The second-order valence-corrected chi connectivity index (χ2v) is 7.58. The van der Waals surface area contributed by atoms with E-state index in [1.165, 1.54) is 43.1 Å². The van der Waals surface area contributed by atoms with E-state index >= 15 is 0 Å². The van der Waals surface area contributed by atoms with Gasteiger partial charge in [-0.25, -0.2) is 0 Å². The predicted octanol–water partition coefficient (Wildman–Crippen LogP) is 8.08. The molecule has 0 heterocycles. The lowest BCUT2D eigenvalue weighted by molar-refractivity contribution is -0.138. The summed E-state index contributed by atoms with van der Waals surface area (Å²) < 4.78 is 81.4. The van der Waals surface area contributed by atoms with E-state index in [1.807, 2.05) is 19.9 Å². The van der Waals surface area contributed by atoms with E-state index in [-0.39, 0.29) is 22.4 Å². The molecular formula is C24H21F6N. The SMILES string of the molecule is Cc1ccc(N(C)c2ccc(-c3ccc(C)c(C(F)(F)F)c3)cc2C(F)(F)F)cc1C. The quantitative estimate of drug-likeness (QED) is 0.374. The molecule has 0 aromatic heterocycles. The normalized spacial score (nSPS) is 12.2. The Morgan fingerprint density at radius 3 is 1.65 bits per heavy atom. The number of aryl methyl sites for hydroxylation is 3. The van der Waals surface area contributed by atoms with Crippen LogP contribution in [0.25, 0.3) is 11.1 Å². The summed E-state index contributed by atoms with van der Waals surface area (Å²) in [4.78, 5) is 1.43. The van der Waals surface area contributed by atoms with Crippen LogP contribution in [0.4, 0.5) is 37.7 Å². The van der Waals surface area contributed by atoms with Crippen molar-refractivity contribution in [2.45, 2.75) is 33.1 Å². The summed E-state index contributed by atoms with van der Waals surface area (Å²) in [6, 6.07) is 12.5. The standard InChI is InChI=1S/C24H21F6N/c1-14-6-9-19(11-16(14)3)31(4)22-10-8-18(13-21(22)24(28,29)30)17-7-5-15(2)20(12-17)23(25,26)27/h5-13H,1-4H3. The van der Waals surface area contributed by atoms with Crippen molar-refractivity contribution in [1.29, 1.82) is 0 Å². The third-order valence-corrected chi connectivity index (χ3v) is 5.42. The largest absolute Gasteiger partial charge is 0.418 e. The molecule has 0 saturated heterocycles. The zero-order chi connectivity index (χ0) is 23.1. The molecule has 164 valence electrons. The molecule has 0 aliphatic carbocycles. The van der Waals surface area contributed by atoms with E-state index in [9.17, 15) is 26.3 Å². The molecule has 1 nitrogen and oxygen atoms in total. The Hall–Kier alpha value is -2.96. The molecular weight excluding hydrogens is 416 g/mol. The molecule has 31 heavy (non-hydrogen) atoms. The number of rotatable bonds is 3. The first-order valence-corrected chi connectivity index (χ1v) is 9.49. The van der Waals surface area contributed by atoms with Gasteiger partial charge < -0.3 is 4.90 Å². The molecule has 0 radical (unpaired) electrons. The Kier molecular flexibility index (Phi) is 5.82. The number of hydrogen-bond acceptors (Lipinski definition) is 1. The van der Waals surface area contributed by atoms with Gasteiger partial charge in [-0.05, 0) is 78.9 Å². The lowest BCUT2D eigenvalue weighted by Crippen LogP contribution is -2.17. The van der Waals surface area contributed by atoms with E-state index in [0.717, 1.165) is 23.3 Å². The number of hydrogen-bond donors (Lipinski definition) is 0. The lowest BCUT2D eigenvalue weighted by atomic mass is 9.97. The summed E-state index contributed by atoms with van der Waals surface area (Å²) >= 11 is 0. The first-order valence-electron chi connectivity index (χ1n) is 9.49. The average molecular weight is 437 g/mol. The summed E-state index contributed by atoms with van der Waals surface area (Å²) in [5.41, 5.74) is 0.822. The van der Waals surface area contributed by atoms with Crippen LogP contribution in [0.2, 0.25) is 0 Å². The van der Waals surface area contributed by atoms with Crippen molar-refractivity contribution in [1.82, 2.24) is 0 Å². The first kappa shape index (κ1) is 22.7. The zero-order valence-electron chi connectivity index (χ0n) is 17.4. The second-order valence-electron chi connectivity index (χ2n) is 7.58. The molecule has 7 heteroatoms. The number of anilines is 2. The van der Waals surface area contributed by atoms with Gasteiger partial charge in [-0.2, -0.15) is 26.3 Å². The van der Waals surface area contributed by atoms with Crippen molar-refractivity contribution in [2.75, 3.05) is 11.9 Å². The van der Waals surface area contributed by atoms with Crippen LogP contribution in [0.3, 0.4) is 0 Å². The Bertz CT molecular complexity index is 1110. The monoisotopic (exact) mass is 437 g/mol. The van der Waals surface area contributed by atoms with E-state index in [4.69, 9.17) is 0 Å². The maximum Gasteiger partial charge on any atom is 0.418 e. The molecule has 0 aliphatic rings. The van der Waals surface area contributed by atoms with Crippen LogP contribution in [0.1, 0.15) is 27.8 Å². The zero-order valence-corrected chi connectivity index (χ0v) is 17.4. The molecule has 0 atom stereocenters. The molecule has 3 rings (SSSR count). The summed E-state index contributed by atoms with van der Waals surface area (Å²) in [5.74, 6) is 0. The van der Waals surface area contributed by atoms with Crippen LogP contribution in [0.5, 0.6) is 0 Å². The van der Waals surface area contributed by atoms with Crippen LogP contribution in [0, 0.1) is 20.8 Å². The van der Waals surface area contributed by atoms with E-state index in [1.54, 1.807) is 12.1 Å². The van der Waals surface area contributed by atoms with E-state index < -0.39 is 23.5 Å². The van der Waals surface area contributed by atoms with Gasteiger partial charge in [-0.3, -0.25) is 0 Å². The summed E-state index contributed by atoms with van der Waals surface area (Å²) in [6.07, 6.45) is -9.27. The highest BCUT2D eigenvalue weighted by molar-refractivity contribution is 5.74. The van der Waals surface area contributed by atoms with Gasteiger partial charge in [0, 0.05) is 12.7 Å². The third-order valence-electron chi connectivity index (χ3n) is 5.42. The number of alkyl halides is 6. The maximum atomic E-state index is 13.9. The topological polar surface area (TPSA) is 3.24 Å². The number of halogens is 6. The van der Waals surface area contributed by atoms with Crippen molar-refractivity contribution < 1.29 is 26.3 Å². The van der Waals surface area contributed by atoms with Crippen molar-refractivity contribution in [3.63, 3.8) is 0 Å². The minimum absolute atomic E-state index is 0.0124. The average Bonchev–Trinajstić information content (AvgIpc) is 2.68. The van der Waals surface area contributed by atoms with Crippen molar-refractivity contribution in [3.8, 4) is 11.1 Å². The predicted molar refractivity (Wildman–Crippen MR) is 111 cm³/mol. The second kappa shape index (κ2) is 7.94. The van der Waals surface area contributed by atoms with E-state index in [0.29, 0.717) is 5.69 Å². The summed E-state index contributed by atoms with van der Waals surface area (Å²) in [5, 5.41) is 0. The first-order chi connectivity index (χ1) is 14.3. The molecule has 0 bridgehead atoms. The molecule has 0 spiro atoms. The smallest absolute Gasteiger partial charge is 0.344 e. The fraction of sp³-hybridized carbons (Fsp3) is 0.250. The van der Waals surface area contributed by atoms with E-state index in [2.05, 4.69) is 0 Å². The molecule has 3 aromatic rings. The van der Waals surface area contributed by atoms with Gasteiger partial charge in [0.25, 0.3) is 0 Å². The fourth-order valence-corrected chi connectivity index (χ4v) is 3.42. The Morgan fingerprint density at radius 1 is 0.581 bits per heavy atom. The highest BCUT2D eigenvalue weighted by Crippen LogP contribution is 2.42. The Balaban J connectivity index is 2.13. The molecule has 3 aromatic carbocycles. The summed E-state index contributed by atoms with van der Waals surface area (Å²) in [6.45, 7) is 5.09. The Labute approximate surface area is 176 Å². The number of benzene rings is 3. The van der Waals surface area contributed by atoms with Gasteiger partial charge >= 0.3 is 12.4 Å². The minimum Gasteiger partial charge on any atom is -0.344 e. The minimum atomic E-state index is -4.68.